The van der Waals surface area contributed by atoms with E-state index in [2.05, 4.69) is 4.98 Å². The number of fused-ring (bicyclic) bond motifs is 1. The van der Waals surface area contributed by atoms with Crippen molar-refractivity contribution < 1.29 is 14.2 Å². The second-order valence-corrected chi connectivity index (χ2v) is 6.73. The van der Waals surface area contributed by atoms with E-state index < -0.39 is 0 Å². The second kappa shape index (κ2) is 6.90. The normalized spacial score (nSPS) is 12.4. The molecule has 7 heteroatoms. The Balaban J connectivity index is 1.52. The highest BCUT2D eigenvalue weighted by Crippen LogP contribution is 2.40. The molecule has 0 saturated heterocycles. The zero-order chi connectivity index (χ0) is 17.2. The van der Waals surface area contributed by atoms with Gasteiger partial charge in [-0.15, -0.1) is 0 Å². The van der Waals surface area contributed by atoms with Crippen LogP contribution in [0.25, 0.3) is 5.69 Å². The molecule has 3 aromatic rings. The quantitative estimate of drug-likeness (QED) is 0.613. The fourth-order valence-electron chi connectivity index (χ4n) is 2.59. The van der Waals surface area contributed by atoms with Crippen molar-refractivity contribution in [3.63, 3.8) is 0 Å². The predicted molar refractivity (Wildman–Crippen MR) is 97.3 cm³/mol. The first-order chi connectivity index (χ1) is 12.2. The Kier molecular flexibility index (Phi) is 4.46. The lowest BCUT2D eigenvalue weighted by molar-refractivity contribution is 0.174. The Morgan fingerprint density at radius 3 is 2.88 bits per heavy atom. The molecule has 0 amide bonds. The summed E-state index contributed by atoms with van der Waals surface area (Å²) in [5.41, 5.74) is 2.09. The van der Waals surface area contributed by atoms with Crippen LogP contribution in [-0.2, 0) is 5.75 Å². The molecular formula is C18H15ClN2O3S. The molecule has 2 aromatic carbocycles. The summed E-state index contributed by atoms with van der Waals surface area (Å²) in [5.74, 6) is 2.87. The topological polar surface area (TPSA) is 45.5 Å². The standard InChI is InChI=1S/C18H15ClN2O3S/c1-22-14-4-2-13(3-5-14)21-7-6-20-18(21)25-10-12-8-15(19)17-16(9-12)23-11-24-17/h2-9H,10-11H2,1H3. The maximum atomic E-state index is 6.24. The Hall–Kier alpha value is -2.31. The van der Waals surface area contributed by atoms with Gasteiger partial charge in [-0.05, 0) is 42.0 Å². The second-order valence-electron chi connectivity index (χ2n) is 5.38. The van der Waals surface area contributed by atoms with Crippen molar-refractivity contribution in [2.24, 2.45) is 0 Å². The van der Waals surface area contributed by atoms with Gasteiger partial charge in [0.15, 0.2) is 16.7 Å². The van der Waals surface area contributed by atoms with E-state index in [-0.39, 0.29) is 6.79 Å². The van der Waals surface area contributed by atoms with Gasteiger partial charge in [-0.3, -0.25) is 4.57 Å². The molecule has 4 rings (SSSR count). The van der Waals surface area contributed by atoms with Crippen molar-refractivity contribution in [2.75, 3.05) is 13.9 Å². The van der Waals surface area contributed by atoms with Gasteiger partial charge < -0.3 is 14.2 Å². The van der Waals surface area contributed by atoms with Gasteiger partial charge in [-0.2, -0.15) is 0 Å². The number of rotatable bonds is 5. The molecule has 0 radical (unpaired) electrons. The molecule has 1 aliphatic heterocycles. The predicted octanol–water partition coefficient (Wildman–Crippen LogP) is 4.56. The molecule has 2 heterocycles. The molecule has 0 spiro atoms. The lowest BCUT2D eigenvalue weighted by Crippen LogP contribution is -1.95. The summed E-state index contributed by atoms with van der Waals surface area (Å²) < 4.78 is 18.0. The molecular weight excluding hydrogens is 360 g/mol. The van der Waals surface area contributed by atoms with Crippen LogP contribution in [0.5, 0.6) is 17.2 Å². The van der Waals surface area contributed by atoms with E-state index in [1.54, 1.807) is 25.1 Å². The zero-order valence-electron chi connectivity index (χ0n) is 13.4. The van der Waals surface area contributed by atoms with Crippen molar-refractivity contribution >= 4 is 23.4 Å². The minimum atomic E-state index is 0.216. The number of halogens is 1. The molecule has 0 N–H and O–H groups in total. The number of thioether (sulfide) groups is 1. The first-order valence-corrected chi connectivity index (χ1v) is 8.99. The molecule has 0 atom stereocenters. The van der Waals surface area contributed by atoms with Crippen LogP contribution in [0.3, 0.4) is 0 Å². The largest absolute Gasteiger partial charge is 0.497 e. The first-order valence-electron chi connectivity index (χ1n) is 7.63. The number of imidazole rings is 1. The van der Waals surface area contributed by atoms with E-state index in [0.717, 1.165) is 27.9 Å². The van der Waals surface area contributed by atoms with Gasteiger partial charge in [0.05, 0.1) is 12.1 Å². The van der Waals surface area contributed by atoms with Crippen LogP contribution in [0.4, 0.5) is 0 Å². The zero-order valence-corrected chi connectivity index (χ0v) is 15.0. The summed E-state index contributed by atoms with van der Waals surface area (Å²) in [6.07, 6.45) is 3.73. The molecule has 0 bridgehead atoms. The summed E-state index contributed by atoms with van der Waals surface area (Å²) in [6, 6.07) is 11.7. The summed E-state index contributed by atoms with van der Waals surface area (Å²) in [7, 11) is 1.66. The van der Waals surface area contributed by atoms with Gasteiger partial charge in [0.2, 0.25) is 6.79 Å². The van der Waals surface area contributed by atoms with Crippen molar-refractivity contribution in [1.29, 1.82) is 0 Å². The Morgan fingerprint density at radius 2 is 2.08 bits per heavy atom. The van der Waals surface area contributed by atoms with Crippen LogP contribution in [-0.4, -0.2) is 23.5 Å². The number of methoxy groups -OCH3 is 1. The average molecular weight is 375 g/mol. The van der Waals surface area contributed by atoms with Gasteiger partial charge in [-0.25, -0.2) is 4.98 Å². The van der Waals surface area contributed by atoms with Gasteiger partial charge in [0.25, 0.3) is 0 Å². The number of hydrogen-bond acceptors (Lipinski definition) is 5. The minimum Gasteiger partial charge on any atom is -0.497 e. The molecule has 0 fully saturated rings. The Bertz CT molecular complexity index is 896. The van der Waals surface area contributed by atoms with Crippen LogP contribution in [0, 0.1) is 0 Å². The third-order valence-electron chi connectivity index (χ3n) is 3.81. The van der Waals surface area contributed by atoms with Crippen LogP contribution in [0.2, 0.25) is 5.02 Å². The number of hydrogen-bond donors (Lipinski definition) is 0. The fourth-order valence-corrected chi connectivity index (χ4v) is 3.78. The monoisotopic (exact) mass is 374 g/mol. The lowest BCUT2D eigenvalue weighted by atomic mass is 10.2. The lowest BCUT2D eigenvalue weighted by Gasteiger charge is -2.09. The van der Waals surface area contributed by atoms with Crippen LogP contribution < -0.4 is 14.2 Å². The minimum absolute atomic E-state index is 0.216. The van der Waals surface area contributed by atoms with E-state index in [9.17, 15) is 0 Å². The highest BCUT2D eigenvalue weighted by Gasteiger charge is 2.18. The molecule has 25 heavy (non-hydrogen) atoms. The van der Waals surface area contributed by atoms with E-state index in [1.165, 1.54) is 0 Å². The van der Waals surface area contributed by atoms with Gasteiger partial charge in [0, 0.05) is 23.8 Å². The fraction of sp³-hybridized carbons (Fsp3) is 0.167. The van der Waals surface area contributed by atoms with E-state index in [0.29, 0.717) is 16.5 Å². The molecule has 5 nitrogen and oxygen atoms in total. The highest BCUT2D eigenvalue weighted by molar-refractivity contribution is 7.98. The number of ether oxygens (including phenoxy) is 3. The van der Waals surface area contributed by atoms with Crippen molar-refractivity contribution in [2.45, 2.75) is 10.9 Å². The van der Waals surface area contributed by atoms with E-state index in [1.807, 2.05) is 47.2 Å². The van der Waals surface area contributed by atoms with Gasteiger partial charge >= 0.3 is 0 Å². The summed E-state index contributed by atoms with van der Waals surface area (Å²) >= 11 is 7.88. The van der Waals surface area contributed by atoms with Gasteiger partial charge in [-0.1, -0.05) is 23.4 Å². The molecule has 1 aliphatic rings. The third-order valence-corrected chi connectivity index (χ3v) is 5.13. The van der Waals surface area contributed by atoms with E-state index in [4.69, 9.17) is 25.8 Å². The summed E-state index contributed by atoms with van der Waals surface area (Å²) in [5, 5.41) is 1.48. The van der Waals surface area contributed by atoms with Gasteiger partial charge in [0.1, 0.15) is 5.75 Å². The van der Waals surface area contributed by atoms with Crippen molar-refractivity contribution in [1.82, 2.24) is 9.55 Å². The van der Waals surface area contributed by atoms with Crippen molar-refractivity contribution in [3.05, 3.63) is 59.4 Å². The Labute approximate surface area is 154 Å². The van der Waals surface area contributed by atoms with Crippen LogP contribution >= 0.6 is 23.4 Å². The number of aromatic nitrogens is 2. The molecule has 1 aromatic heterocycles. The van der Waals surface area contributed by atoms with Crippen LogP contribution in [0.15, 0.2) is 53.9 Å². The highest BCUT2D eigenvalue weighted by atomic mass is 35.5. The number of benzene rings is 2. The Morgan fingerprint density at radius 1 is 1.24 bits per heavy atom. The maximum absolute atomic E-state index is 6.24. The molecule has 0 unspecified atom stereocenters. The average Bonchev–Trinajstić information content (AvgIpc) is 3.29. The van der Waals surface area contributed by atoms with Crippen LogP contribution in [0.1, 0.15) is 5.56 Å². The third kappa shape index (κ3) is 3.27. The first kappa shape index (κ1) is 16.2. The molecule has 128 valence electrons. The molecule has 0 saturated carbocycles. The SMILES string of the molecule is COc1ccc(-n2ccnc2SCc2cc(Cl)c3c(c2)OCO3)cc1. The van der Waals surface area contributed by atoms with Crippen molar-refractivity contribution in [3.8, 4) is 22.9 Å². The smallest absolute Gasteiger partial charge is 0.231 e. The molecule has 0 aliphatic carbocycles. The summed E-state index contributed by atoms with van der Waals surface area (Å²) in [6.45, 7) is 0.216. The number of nitrogens with zero attached hydrogens (tertiary/aromatic N) is 2. The maximum Gasteiger partial charge on any atom is 0.231 e. The van der Waals surface area contributed by atoms with E-state index >= 15 is 0 Å². The summed E-state index contributed by atoms with van der Waals surface area (Å²) in [4.78, 5) is 4.45.